The molecular weight excluding hydrogens is 242 g/mol. The van der Waals surface area contributed by atoms with Crippen LogP contribution < -0.4 is 5.73 Å². The zero-order chi connectivity index (χ0) is 14.5. The van der Waals surface area contributed by atoms with Gasteiger partial charge in [-0.25, -0.2) is 0 Å². The molecule has 114 valence electrons. The number of hydrogen-bond donors (Lipinski definition) is 1. The summed E-state index contributed by atoms with van der Waals surface area (Å²) in [7, 11) is 5.77. The van der Waals surface area contributed by atoms with Crippen molar-refractivity contribution in [2.45, 2.75) is 32.1 Å². The zero-order valence-electron chi connectivity index (χ0n) is 12.9. The van der Waals surface area contributed by atoms with E-state index in [0.717, 1.165) is 38.8 Å². The fraction of sp³-hybridized carbons (Fsp3) is 0.929. The first-order valence-electron chi connectivity index (χ1n) is 7.23. The number of nitrogens with zero attached hydrogens (tertiary/aromatic N) is 2. The highest BCUT2D eigenvalue weighted by Gasteiger charge is 2.12. The van der Waals surface area contributed by atoms with Crippen molar-refractivity contribution < 1.29 is 9.53 Å². The lowest BCUT2D eigenvalue weighted by atomic mass is 10.1. The van der Waals surface area contributed by atoms with Gasteiger partial charge in [-0.15, -0.1) is 0 Å². The average molecular weight is 273 g/mol. The van der Waals surface area contributed by atoms with E-state index in [9.17, 15) is 4.79 Å². The third kappa shape index (κ3) is 10.9. The van der Waals surface area contributed by atoms with Crippen LogP contribution in [-0.4, -0.2) is 69.7 Å². The molecule has 5 heteroatoms. The quantitative estimate of drug-likeness (QED) is 0.538. The van der Waals surface area contributed by atoms with Gasteiger partial charge >= 0.3 is 0 Å². The summed E-state index contributed by atoms with van der Waals surface area (Å²) < 4.78 is 5.07. The Kier molecular flexibility index (Phi) is 12.0. The normalized spacial score (nSPS) is 11.0. The van der Waals surface area contributed by atoms with E-state index >= 15 is 0 Å². The zero-order valence-corrected chi connectivity index (χ0v) is 12.9. The second-order valence-corrected chi connectivity index (χ2v) is 5.13. The molecule has 0 aromatic heterocycles. The highest BCUT2D eigenvalue weighted by molar-refractivity contribution is 5.76. The van der Waals surface area contributed by atoms with Crippen LogP contribution in [0.15, 0.2) is 0 Å². The predicted octanol–water partition coefficient (Wildman–Crippen LogP) is 0.932. The van der Waals surface area contributed by atoms with Crippen molar-refractivity contribution >= 4 is 5.91 Å². The number of amides is 1. The second-order valence-electron chi connectivity index (χ2n) is 5.13. The number of nitrogens with two attached hydrogens (primary N) is 1. The topological polar surface area (TPSA) is 58.8 Å². The highest BCUT2D eigenvalue weighted by atomic mass is 16.5. The molecule has 0 unspecified atom stereocenters. The lowest BCUT2D eigenvalue weighted by Crippen LogP contribution is -2.35. The number of hydrogen-bond acceptors (Lipinski definition) is 4. The van der Waals surface area contributed by atoms with Crippen molar-refractivity contribution in [3.05, 3.63) is 0 Å². The minimum atomic E-state index is 0.243. The summed E-state index contributed by atoms with van der Waals surface area (Å²) in [6.45, 7) is 3.84. The van der Waals surface area contributed by atoms with Crippen LogP contribution in [0, 0.1) is 0 Å². The molecule has 0 aromatic carbocycles. The molecule has 0 rings (SSSR count). The SMILES string of the molecule is COCCN(CCCN(C)C)C(=O)CCCCCN. The number of ether oxygens (including phenoxy) is 1. The first-order chi connectivity index (χ1) is 9.11. The molecule has 0 heterocycles. The van der Waals surface area contributed by atoms with Crippen molar-refractivity contribution in [1.29, 1.82) is 0 Å². The summed E-state index contributed by atoms with van der Waals surface area (Å²) in [5.41, 5.74) is 5.45. The van der Waals surface area contributed by atoms with E-state index in [2.05, 4.69) is 4.90 Å². The van der Waals surface area contributed by atoms with E-state index in [1.165, 1.54) is 0 Å². The van der Waals surface area contributed by atoms with Crippen molar-refractivity contribution in [2.75, 3.05) is 54.0 Å². The molecule has 0 aromatic rings. The Hall–Kier alpha value is -0.650. The third-order valence-electron chi connectivity index (χ3n) is 3.05. The summed E-state index contributed by atoms with van der Waals surface area (Å²) in [5.74, 6) is 0.243. The van der Waals surface area contributed by atoms with Crippen molar-refractivity contribution in [3.8, 4) is 0 Å². The monoisotopic (exact) mass is 273 g/mol. The maximum atomic E-state index is 12.1. The number of unbranched alkanes of at least 4 members (excludes halogenated alkanes) is 2. The fourth-order valence-electron chi connectivity index (χ4n) is 1.90. The molecule has 0 radical (unpaired) electrons. The van der Waals surface area contributed by atoms with Crippen LogP contribution >= 0.6 is 0 Å². The number of methoxy groups -OCH3 is 1. The molecular formula is C14H31N3O2. The lowest BCUT2D eigenvalue weighted by Gasteiger charge is -2.23. The van der Waals surface area contributed by atoms with Gasteiger partial charge in [-0.05, 0) is 46.4 Å². The van der Waals surface area contributed by atoms with Gasteiger partial charge in [0.15, 0.2) is 0 Å². The Bertz CT molecular complexity index is 223. The first-order valence-corrected chi connectivity index (χ1v) is 7.23. The van der Waals surface area contributed by atoms with Gasteiger partial charge in [0.1, 0.15) is 0 Å². The number of carbonyl (C=O) groups excluding carboxylic acids is 1. The summed E-state index contributed by atoms with van der Waals surface area (Å²) >= 11 is 0. The van der Waals surface area contributed by atoms with Gasteiger partial charge in [0.2, 0.25) is 5.91 Å². The Morgan fingerprint density at radius 3 is 2.37 bits per heavy atom. The molecule has 0 spiro atoms. The van der Waals surface area contributed by atoms with Gasteiger partial charge in [0, 0.05) is 26.6 Å². The molecule has 0 aliphatic heterocycles. The highest BCUT2D eigenvalue weighted by Crippen LogP contribution is 2.04. The average Bonchev–Trinajstić information content (AvgIpc) is 2.38. The van der Waals surface area contributed by atoms with Gasteiger partial charge < -0.3 is 20.3 Å². The maximum Gasteiger partial charge on any atom is 0.222 e. The molecule has 5 nitrogen and oxygen atoms in total. The molecule has 19 heavy (non-hydrogen) atoms. The summed E-state index contributed by atoms with van der Waals surface area (Å²) in [6.07, 6.45) is 4.62. The summed E-state index contributed by atoms with van der Waals surface area (Å²) in [5, 5.41) is 0. The van der Waals surface area contributed by atoms with E-state index in [0.29, 0.717) is 26.1 Å². The molecule has 0 fully saturated rings. The Morgan fingerprint density at radius 2 is 1.79 bits per heavy atom. The molecule has 2 N–H and O–H groups in total. The Balaban J connectivity index is 3.96. The number of carbonyl (C=O) groups is 1. The Labute approximate surface area is 118 Å². The van der Waals surface area contributed by atoms with Gasteiger partial charge in [0.05, 0.1) is 6.61 Å². The van der Waals surface area contributed by atoms with Crippen molar-refractivity contribution in [2.24, 2.45) is 5.73 Å². The van der Waals surface area contributed by atoms with Crippen LogP contribution in [0.3, 0.4) is 0 Å². The van der Waals surface area contributed by atoms with Gasteiger partial charge in [-0.1, -0.05) is 6.42 Å². The van der Waals surface area contributed by atoms with Crippen LogP contribution in [0.4, 0.5) is 0 Å². The van der Waals surface area contributed by atoms with Crippen LogP contribution in [0.5, 0.6) is 0 Å². The molecule has 0 atom stereocenters. The van der Waals surface area contributed by atoms with Crippen LogP contribution in [-0.2, 0) is 9.53 Å². The molecule has 0 bridgehead atoms. The first kappa shape index (κ1) is 18.4. The maximum absolute atomic E-state index is 12.1. The van der Waals surface area contributed by atoms with Crippen molar-refractivity contribution in [3.63, 3.8) is 0 Å². The molecule has 0 aliphatic carbocycles. The second kappa shape index (κ2) is 12.4. The molecule has 0 saturated carbocycles. The minimum Gasteiger partial charge on any atom is -0.383 e. The lowest BCUT2D eigenvalue weighted by molar-refractivity contribution is -0.132. The van der Waals surface area contributed by atoms with E-state index in [1.54, 1.807) is 7.11 Å². The summed E-state index contributed by atoms with van der Waals surface area (Å²) in [4.78, 5) is 16.2. The minimum absolute atomic E-state index is 0.243. The van der Waals surface area contributed by atoms with E-state index in [4.69, 9.17) is 10.5 Å². The fourth-order valence-corrected chi connectivity index (χ4v) is 1.90. The third-order valence-corrected chi connectivity index (χ3v) is 3.05. The van der Waals surface area contributed by atoms with Crippen LogP contribution in [0.1, 0.15) is 32.1 Å². The van der Waals surface area contributed by atoms with Gasteiger partial charge in [-0.3, -0.25) is 4.79 Å². The summed E-state index contributed by atoms with van der Waals surface area (Å²) in [6, 6.07) is 0. The Morgan fingerprint density at radius 1 is 1.05 bits per heavy atom. The number of rotatable bonds is 12. The van der Waals surface area contributed by atoms with E-state index in [1.807, 2.05) is 19.0 Å². The van der Waals surface area contributed by atoms with E-state index < -0.39 is 0 Å². The van der Waals surface area contributed by atoms with Crippen LogP contribution in [0.2, 0.25) is 0 Å². The molecule has 1 amide bonds. The predicted molar refractivity (Wildman–Crippen MR) is 79.1 cm³/mol. The van der Waals surface area contributed by atoms with Crippen LogP contribution in [0.25, 0.3) is 0 Å². The van der Waals surface area contributed by atoms with Crippen molar-refractivity contribution in [1.82, 2.24) is 9.80 Å². The van der Waals surface area contributed by atoms with Gasteiger partial charge in [-0.2, -0.15) is 0 Å². The molecule has 0 aliphatic rings. The standard InChI is InChI=1S/C14H31N3O2/c1-16(2)10-7-11-17(12-13-19-3)14(18)8-5-4-6-9-15/h4-13,15H2,1-3H3. The molecule has 0 saturated heterocycles. The smallest absolute Gasteiger partial charge is 0.222 e. The van der Waals surface area contributed by atoms with E-state index in [-0.39, 0.29) is 5.91 Å². The van der Waals surface area contributed by atoms with Gasteiger partial charge in [0.25, 0.3) is 0 Å². The largest absolute Gasteiger partial charge is 0.383 e.